The number of halogens is 1. The minimum atomic E-state index is -3.69. The Bertz CT molecular complexity index is 1200. The predicted octanol–water partition coefficient (Wildman–Crippen LogP) is 2.03. The summed E-state index contributed by atoms with van der Waals surface area (Å²) in [7, 11) is -2.16. The lowest BCUT2D eigenvalue weighted by atomic mass is 9.89. The topological polar surface area (TPSA) is 123 Å². The van der Waals surface area contributed by atoms with E-state index in [4.69, 9.17) is 25.8 Å². The first-order valence-electron chi connectivity index (χ1n) is 11.5. The summed E-state index contributed by atoms with van der Waals surface area (Å²) in [6.45, 7) is 1.14. The molecule has 2 aliphatic heterocycles. The van der Waals surface area contributed by atoms with Crippen molar-refractivity contribution in [2.24, 2.45) is 5.92 Å². The molecule has 10 nitrogen and oxygen atoms in total. The molecule has 12 heteroatoms. The van der Waals surface area contributed by atoms with Gasteiger partial charge in [-0.15, -0.1) is 0 Å². The second-order valence-electron chi connectivity index (χ2n) is 8.50. The molecule has 0 spiro atoms. The zero-order chi connectivity index (χ0) is 25.7. The first-order chi connectivity index (χ1) is 17.3. The Morgan fingerprint density at radius 1 is 1.11 bits per heavy atom. The Kier molecular flexibility index (Phi) is 8.35. The van der Waals surface area contributed by atoms with Crippen molar-refractivity contribution in [3.05, 3.63) is 53.1 Å². The van der Waals surface area contributed by atoms with E-state index in [1.165, 1.54) is 35.7 Å². The molecule has 2 aromatic carbocycles. The number of carbonyl (C=O) groups excluding carboxylic acids is 2. The lowest BCUT2D eigenvalue weighted by molar-refractivity contribution is -0.124. The van der Waals surface area contributed by atoms with E-state index in [1.54, 1.807) is 18.2 Å². The van der Waals surface area contributed by atoms with Crippen LogP contribution in [0.4, 0.5) is 0 Å². The van der Waals surface area contributed by atoms with Crippen LogP contribution in [0, 0.1) is 5.92 Å². The normalized spacial score (nSPS) is 16.9. The lowest BCUT2D eigenvalue weighted by Gasteiger charge is -2.35. The summed E-state index contributed by atoms with van der Waals surface area (Å²) in [5, 5.41) is 6.08. The van der Waals surface area contributed by atoms with Gasteiger partial charge in [0.05, 0.1) is 11.5 Å². The van der Waals surface area contributed by atoms with Crippen LogP contribution in [0.1, 0.15) is 23.2 Å². The molecule has 1 saturated heterocycles. The van der Waals surface area contributed by atoms with Crippen molar-refractivity contribution in [1.29, 1.82) is 0 Å². The van der Waals surface area contributed by atoms with E-state index < -0.39 is 22.0 Å². The number of carbonyl (C=O) groups is 2. The minimum Gasteiger partial charge on any atom is -0.454 e. The van der Waals surface area contributed by atoms with Crippen LogP contribution in [0.2, 0.25) is 5.02 Å². The lowest BCUT2D eigenvalue weighted by Crippen LogP contribution is -2.54. The second kappa shape index (κ2) is 11.5. The van der Waals surface area contributed by atoms with E-state index in [1.807, 2.05) is 0 Å². The van der Waals surface area contributed by atoms with Crippen LogP contribution in [-0.4, -0.2) is 70.7 Å². The van der Waals surface area contributed by atoms with Gasteiger partial charge in [-0.2, -0.15) is 4.31 Å². The van der Waals surface area contributed by atoms with Gasteiger partial charge in [-0.25, -0.2) is 8.42 Å². The molecule has 0 aromatic heterocycles. The average Bonchev–Trinajstić information content (AvgIpc) is 3.35. The van der Waals surface area contributed by atoms with Gasteiger partial charge in [0.1, 0.15) is 6.04 Å². The van der Waals surface area contributed by atoms with Crippen molar-refractivity contribution in [3.8, 4) is 11.5 Å². The first kappa shape index (κ1) is 26.2. The molecular formula is C24H28ClN3O7S. The van der Waals surface area contributed by atoms with Crippen molar-refractivity contribution in [2.75, 3.05) is 40.1 Å². The molecule has 36 heavy (non-hydrogen) atoms. The number of piperidine rings is 1. The van der Waals surface area contributed by atoms with E-state index in [0.29, 0.717) is 41.5 Å². The number of benzene rings is 2. The van der Waals surface area contributed by atoms with Crippen LogP contribution >= 0.6 is 11.6 Å². The summed E-state index contributed by atoms with van der Waals surface area (Å²) in [4.78, 5) is 26.2. The zero-order valence-electron chi connectivity index (χ0n) is 19.7. The molecule has 1 fully saturated rings. The summed E-state index contributed by atoms with van der Waals surface area (Å²) >= 11 is 5.89. The number of amides is 2. The smallest absolute Gasteiger partial charge is 0.252 e. The maximum absolute atomic E-state index is 13.0. The van der Waals surface area contributed by atoms with Gasteiger partial charge in [-0.1, -0.05) is 11.6 Å². The van der Waals surface area contributed by atoms with Crippen LogP contribution in [-0.2, 0) is 19.6 Å². The van der Waals surface area contributed by atoms with E-state index in [9.17, 15) is 18.0 Å². The molecule has 0 saturated carbocycles. The van der Waals surface area contributed by atoms with Gasteiger partial charge in [-0.05, 0) is 61.2 Å². The summed E-state index contributed by atoms with van der Waals surface area (Å²) < 4.78 is 43.1. The molecule has 2 aliphatic rings. The Labute approximate surface area is 214 Å². The molecule has 2 N–H and O–H groups in total. The van der Waals surface area contributed by atoms with Crippen LogP contribution in [0.5, 0.6) is 11.5 Å². The summed E-state index contributed by atoms with van der Waals surface area (Å²) in [6.07, 6.45) is 0.799. The highest BCUT2D eigenvalue weighted by atomic mass is 35.5. The molecule has 2 amide bonds. The Hall–Kier alpha value is -2.86. The third kappa shape index (κ3) is 5.92. The Morgan fingerprint density at radius 2 is 1.81 bits per heavy atom. The van der Waals surface area contributed by atoms with Crippen molar-refractivity contribution in [3.63, 3.8) is 0 Å². The second-order valence-corrected chi connectivity index (χ2v) is 10.9. The number of hydrogen-bond donors (Lipinski definition) is 2. The van der Waals surface area contributed by atoms with Crippen molar-refractivity contribution in [1.82, 2.24) is 14.9 Å². The third-order valence-electron chi connectivity index (χ3n) is 6.23. The average molecular weight is 538 g/mol. The molecule has 2 heterocycles. The van der Waals surface area contributed by atoms with Crippen LogP contribution in [0.15, 0.2) is 47.4 Å². The fraction of sp³-hybridized carbons (Fsp3) is 0.417. The fourth-order valence-electron chi connectivity index (χ4n) is 4.25. The van der Waals surface area contributed by atoms with Gasteiger partial charge in [0, 0.05) is 37.3 Å². The standard InChI is InChI=1S/C24H28ClN3O7S/c1-33-13-10-26-24(30)22(27-23(29)17-2-7-20-21(14-17)35-15-34-20)16-8-11-28(12-9-16)36(31,32)19-5-3-18(25)4-6-19/h2-7,14,16,22H,8-13,15H2,1H3,(H,26,30)(H,27,29). The monoisotopic (exact) mass is 537 g/mol. The van der Waals surface area contributed by atoms with Crippen LogP contribution < -0.4 is 20.1 Å². The highest BCUT2D eigenvalue weighted by molar-refractivity contribution is 7.89. The van der Waals surface area contributed by atoms with E-state index in [0.717, 1.165) is 0 Å². The molecule has 0 bridgehead atoms. The highest BCUT2D eigenvalue weighted by Gasteiger charge is 2.36. The van der Waals surface area contributed by atoms with Gasteiger partial charge < -0.3 is 24.8 Å². The predicted molar refractivity (Wildman–Crippen MR) is 132 cm³/mol. The van der Waals surface area contributed by atoms with Gasteiger partial charge in [-0.3, -0.25) is 9.59 Å². The van der Waals surface area contributed by atoms with Gasteiger partial charge >= 0.3 is 0 Å². The Balaban J connectivity index is 1.46. The molecule has 0 radical (unpaired) electrons. The number of ether oxygens (including phenoxy) is 3. The third-order valence-corrected chi connectivity index (χ3v) is 8.40. The fourth-order valence-corrected chi connectivity index (χ4v) is 5.85. The van der Waals surface area contributed by atoms with Gasteiger partial charge in [0.25, 0.3) is 5.91 Å². The number of nitrogens with one attached hydrogen (secondary N) is 2. The maximum Gasteiger partial charge on any atom is 0.252 e. The number of fused-ring (bicyclic) bond motifs is 1. The number of methoxy groups -OCH3 is 1. The van der Waals surface area contributed by atoms with Crippen molar-refractivity contribution >= 4 is 33.4 Å². The molecule has 4 rings (SSSR count). The molecule has 0 aliphatic carbocycles. The van der Waals surface area contributed by atoms with Crippen molar-refractivity contribution in [2.45, 2.75) is 23.8 Å². The van der Waals surface area contributed by atoms with Crippen LogP contribution in [0.25, 0.3) is 0 Å². The molecule has 1 atom stereocenters. The maximum atomic E-state index is 13.0. The van der Waals surface area contributed by atoms with E-state index in [-0.39, 0.29) is 43.1 Å². The highest BCUT2D eigenvalue weighted by Crippen LogP contribution is 2.33. The first-order valence-corrected chi connectivity index (χ1v) is 13.3. The van der Waals surface area contributed by atoms with E-state index >= 15 is 0 Å². The Morgan fingerprint density at radius 3 is 2.50 bits per heavy atom. The summed E-state index contributed by atoms with van der Waals surface area (Å²) in [6, 6.07) is 9.98. The number of sulfonamides is 1. The minimum absolute atomic E-state index is 0.0858. The quantitative estimate of drug-likeness (QED) is 0.469. The molecule has 194 valence electrons. The van der Waals surface area contributed by atoms with Gasteiger partial charge in [0.15, 0.2) is 11.5 Å². The van der Waals surface area contributed by atoms with Crippen LogP contribution in [0.3, 0.4) is 0 Å². The number of nitrogens with zero attached hydrogens (tertiary/aromatic N) is 1. The van der Waals surface area contributed by atoms with Gasteiger partial charge in [0.2, 0.25) is 22.7 Å². The summed E-state index contributed by atoms with van der Waals surface area (Å²) in [5.74, 6) is -0.0298. The van der Waals surface area contributed by atoms with Crippen molar-refractivity contribution < 1.29 is 32.2 Å². The SMILES string of the molecule is COCCNC(=O)C(NC(=O)c1ccc2c(c1)OCO2)C1CCN(S(=O)(=O)c2ccc(Cl)cc2)CC1. The number of hydrogen-bond acceptors (Lipinski definition) is 7. The summed E-state index contributed by atoms with van der Waals surface area (Å²) in [5.41, 5.74) is 0.330. The number of rotatable bonds is 9. The molecule has 1 unspecified atom stereocenters. The zero-order valence-corrected chi connectivity index (χ0v) is 21.3. The largest absolute Gasteiger partial charge is 0.454 e. The molecule has 2 aromatic rings. The molecular weight excluding hydrogens is 510 g/mol. The van der Waals surface area contributed by atoms with E-state index in [2.05, 4.69) is 10.6 Å².